The Kier molecular flexibility index (Phi) is 5.53. The Hall–Kier alpha value is -3.17. The molecule has 142 valence electrons. The number of hydrogen-bond donors (Lipinski definition) is 1. The zero-order chi connectivity index (χ0) is 19.4. The lowest BCUT2D eigenvalue weighted by molar-refractivity contribution is -0.140. The minimum absolute atomic E-state index is 0.0471. The lowest BCUT2D eigenvalue weighted by atomic mass is 10.1. The molecule has 0 saturated heterocycles. The van der Waals surface area contributed by atoms with Crippen molar-refractivity contribution in [2.45, 2.75) is 6.61 Å². The number of anilines is 1. The molecule has 0 aliphatic carbocycles. The molecule has 1 aliphatic rings. The van der Waals surface area contributed by atoms with E-state index in [9.17, 15) is 9.59 Å². The first-order valence-electron chi connectivity index (χ1n) is 8.01. The second kappa shape index (κ2) is 8.02. The van der Waals surface area contributed by atoms with Crippen LogP contribution in [0.5, 0.6) is 0 Å². The first-order valence-corrected chi connectivity index (χ1v) is 8.01. The van der Waals surface area contributed by atoms with Crippen LogP contribution >= 0.6 is 0 Å². The summed E-state index contributed by atoms with van der Waals surface area (Å²) >= 11 is 0. The smallest absolute Gasteiger partial charge is 0.355 e. The molecule has 0 atom stereocenters. The summed E-state index contributed by atoms with van der Waals surface area (Å²) in [5.74, 6) is -0.958. The second-order valence-electron chi connectivity index (χ2n) is 5.60. The molecule has 2 aromatic rings. The molecule has 1 aliphatic heterocycles. The summed E-state index contributed by atoms with van der Waals surface area (Å²) < 4.78 is 20.0. The largest absolute Gasteiger partial charge is 0.466 e. The number of carbonyl (C=O) groups is 2. The minimum Gasteiger partial charge on any atom is -0.466 e. The fraction of sp³-hybridized carbons (Fsp3) is 0.278. The molecule has 0 radical (unpaired) electrons. The van der Waals surface area contributed by atoms with Gasteiger partial charge in [0, 0.05) is 17.3 Å². The third kappa shape index (κ3) is 3.69. The van der Waals surface area contributed by atoms with Gasteiger partial charge in [0.25, 0.3) is 0 Å². The Labute approximate surface area is 154 Å². The van der Waals surface area contributed by atoms with E-state index in [0.717, 1.165) is 5.56 Å². The quantitative estimate of drug-likeness (QED) is 0.772. The van der Waals surface area contributed by atoms with E-state index in [4.69, 9.17) is 23.8 Å². The van der Waals surface area contributed by atoms with E-state index in [2.05, 4.69) is 5.16 Å². The number of esters is 2. The molecular weight excluding hydrogens is 356 g/mol. The van der Waals surface area contributed by atoms with Crippen LogP contribution in [0.2, 0.25) is 0 Å². The maximum Gasteiger partial charge on any atom is 0.355 e. The van der Waals surface area contributed by atoms with Crippen molar-refractivity contribution < 1.29 is 33.4 Å². The average molecular weight is 374 g/mol. The zero-order valence-electron chi connectivity index (χ0n) is 14.8. The standard InChI is InChI=1S/C18H18N2O7/c1-24-17(22)14-9-26-10-20(16(14)18(23)25-2)12-5-3-11(4-6-12)15-7-13(8-21)27-19-15/h3-7,21H,8-10H2,1-2H3. The molecule has 2 heterocycles. The molecule has 9 heteroatoms. The van der Waals surface area contributed by atoms with Crippen molar-refractivity contribution in [3.05, 3.63) is 47.4 Å². The van der Waals surface area contributed by atoms with Crippen molar-refractivity contribution in [1.82, 2.24) is 5.16 Å². The molecule has 0 saturated carbocycles. The Bertz CT molecular complexity index is 870. The number of nitrogens with zero attached hydrogens (tertiary/aromatic N) is 2. The van der Waals surface area contributed by atoms with E-state index in [1.54, 1.807) is 30.3 Å². The zero-order valence-corrected chi connectivity index (χ0v) is 14.8. The van der Waals surface area contributed by atoms with Crippen molar-refractivity contribution >= 4 is 17.6 Å². The van der Waals surface area contributed by atoms with Crippen LogP contribution in [0, 0.1) is 0 Å². The molecule has 0 spiro atoms. The summed E-state index contributed by atoms with van der Waals surface area (Å²) in [6, 6.07) is 8.67. The first kappa shape index (κ1) is 18.6. The molecule has 1 aromatic heterocycles. The van der Waals surface area contributed by atoms with Gasteiger partial charge >= 0.3 is 11.9 Å². The fourth-order valence-corrected chi connectivity index (χ4v) is 2.68. The number of rotatable bonds is 5. The van der Waals surface area contributed by atoms with Gasteiger partial charge in [0.15, 0.2) is 5.76 Å². The molecule has 0 bridgehead atoms. The third-order valence-electron chi connectivity index (χ3n) is 4.02. The molecule has 27 heavy (non-hydrogen) atoms. The van der Waals surface area contributed by atoms with E-state index in [0.29, 0.717) is 17.1 Å². The average Bonchev–Trinajstić information content (AvgIpc) is 3.21. The minimum atomic E-state index is -0.660. The van der Waals surface area contributed by atoms with E-state index in [1.165, 1.54) is 19.1 Å². The second-order valence-corrected chi connectivity index (χ2v) is 5.60. The normalized spacial score (nSPS) is 14.3. The summed E-state index contributed by atoms with van der Waals surface area (Å²) in [6.07, 6.45) is 0. The van der Waals surface area contributed by atoms with Crippen LogP contribution in [-0.4, -0.2) is 49.8 Å². The predicted octanol–water partition coefficient (Wildman–Crippen LogP) is 1.23. The van der Waals surface area contributed by atoms with Crippen LogP contribution in [0.25, 0.3) is 11.3 Å². The summed E-state index contributed by atoms with van der Waals surface area (Å²) in [5.41, 5.74) is 2.11. The van der Waals surface area contributed by atoms with Gasteiger partial charge in [0.1, 0.15) is 24.7 Å². The van der Waals surface area contributed by atoms with Crippen LogP contribution in [0.15, 0.2) is 46.1 Å². The van der Waals surface area contributed by atoms with E-state index >= 15 is 0 Å². The van der Waals surface area contributed by atoms with Crippen LogP contribution < -0.4 is 4.90 Å². The maximum atomic E-state index is 12.3. The topological polar surface area (TPSA) is 111 Å². The molecule has 3 rings (SSSR count). The van der Waals surface area contributed by atoms with Crippen LogP contribution in [0.4, 0.5) is 5.69 Å². The fourth-order valence-electron chi connectivity index (χ4n) is 2.68. The molecular formula is C18H18N2O7. The molecule has 1 aromatic carbocycles. The summed E-state index contributed by atoms with van der Waals surface area (Å²) in [7, 11) is 2.47. The molecule has 0 unspecified atom stereocenters. The van der Waals surface area contributed by atoms with Crippen molar-refractivity contribution in [2.75, 3.05) is 32.5 Å². The first-order chi connectivity index (χ1) is 13.1. The Morgan fingerprint density at radius 3 is 2.48 bits per heavy atom. The monoisotopic (exact) mass is 374 g/mol. The van der Waals surface area contributed by atoms with Gasteiger partial charge in [-0.1, -0.05) is 17.3 Å². The van der Waals surface area contributed by atoms with E-state index < -0.39 is 11.9 Å². The van der Waals surface area contributed by atoms with Gasteiger partial charge in [-0.05, 0) is 12.1 Å². The van der Waals surface area contributed by atoms with Crippen molar-refractivity contribution in [3.8, 4) is 11.3 Å². The Morgan fingerprint density at radius 1 is 1.19 bits per heavy atom. The highest BCUT2D eigenvalue weighted by Gasteiger charge is 2.32. The highest BCUT2D eigenvalue weighted by Crippen LogP contribution is 2.29. The van der Waals surface area contributed by atoms with Gasteiger partial charge < -0.3 is 28.7 Å². The number of aliphatic hydroxyl groups excluding tert-OH is 1. The van der Waals surface area contributed by atoms with Crippen LogP contribution in [0.1, 0.15) is 5.76 Å². The lowest BCUT2D eigenvalue weighted by Crippen LogP contribution is -2.38. The Morgan fingerprint density at radius 2 is 1.89 bits per heavy atom. The number of aromatic nitrogens is 1. The number of methoxy groups -OCH3 is 2. The van der Waals surface area contributed by atoms with Gasteiger partial charge in [-0.15, -0.1) is 0 Å². The molecule has 9 nitrogen and oxygen atoms in total. The summed E-state index contributed by atoms with van der Waals surface area (Å²) in [4.78, 5) is 25.8. The van der Waals surface area contributed by atoms with Gasteiger partial charge in [0.05, 0.1) is 26.4 Å². The summed E-state index contributed by atoms with van der Waals surface area (Å²) in [5, 5.41) is 13.0. The lowest BCUT2D eigenvalue weighted by Gasteiger charge is -2.31. The Balaban J connectivity index is 1.95. The highest BCUT2D eigenvalue weighted by molar-refractivity contribution is 6.03. The van der Waals surface area contributed by atoms with Crippen molar-refractivity contribution in [3.63, 3.8) is 0 Å². The molecule has 0 amide bonds. The van der Waals surface area contributed by atoms with E-state index in [-0.39, 0.29) is 31.2 Å². The number of ether oxygens (including phenoxy) is 3. The van der Waals surface area contributed by atoms with Crippen molar-refractivity contribution in [1.29, 1.82) is 0 Å². The van der Waals surface area contributed by atoms with Gasteiger partial charge in [-0.2, -0.15) is 0 Å². The SMILES string of the molecule is COC(=O)C1=C(C(=O)OC)N(c2ccc(-c3cc(CO)on3)cc2)COC1. The highest BCUT2D eigenvalue weighted by atomic mass is 16.5. The van der Waals surface area contributed by atoms with Crippen LogP contribution in [0.3, 0.4) is 0 Å². The van der Waals surface area contributed by atoms with Crippen molar-refractivity contribution in [2.24, 2.45) is 0 Å². The van der Waals surface area contributed by atoms with Crippen LogP contribution in [-0.2, 0) is 30.4 Å². The number of aliphatic hydroxyl groups is 1. The third-order valence-corrected chi connectivity index (χ3v) is 4.02. The number of benzene rings is 1. The number of hydrogen-bond acceptors (Lipinski definition) is 9. The maximum absolute atomic E-state index is 12.3. The van der Waals surface area contributed by atoms with Gasteiger partial charge in [-0.25, -0.2) is 9.59 Å². The summed E-state index contributed by atoms with van der Waals surface area (Å²) in [6.45, 7) is -0.211. The predicted molar refractivity (Wildman–Crippen MR) is 92.2 cm³/mol. The van der Waals surface area contributed by atoms with E-state index in [1.807, 2.05) is 0 Å². The molecule has 0 fully saturated rings. The van der Waals surface area contributed by atoms with Gasteiger partial charge in [0.2, 0.25) is 0 Å². The molecule has 1 N–H and O–H groups in total. The van der Waals surface area contributed by atoms with Gasteiger partial charge in [-0.3, -0.25) is 0 Å². The number of carbonyl (C=O) groups excluding carboxylic acids is 2.